The minimum atomic E-state index is -2.38. The standard InChI is InChI=1S/C32H34Cl2F2O7/c1-5-26(40)43-32(28(41)42-15-24(38)18-7-6-8-22(33)27(18)34)16(2)11-19-20-13-23(35)21-12-17(37)9-10-29(21,3)31(20,36)25(39)14-30(19,32)4/h6-10,12,16,19-20,23,25,39H,5,11,13-15H2,1-4H3/t16-,19+,20+,23+,25+,29+,30+,31+,32+/m1/s1. The average Bonchev–Trinajstić information content (AvgIpc) is 3.17. The summed E-state index contributed by atoms with van der Waals surface area (Å²) in [5, 5.41) is 11.8. The van der Waals surface area contributed by atoms with E-state index in [9.17, 15) is 24.3 Å². The first kappa shape index (κ1) is 31.8. The molecule has 0 aromatic heterocycles. The highest BCUT2D eigenvalue weighted by molar-refractivity contribution is 6.44. The number of Topliss-reactive ketones (excluding diaryl/α,β-unsaturated/α-hetero) is 1. The van der Waals surface area contributed by atoms with E-state index in [0.29, 0.717) is 0 Å². The van der Waals surface area contributed by atoms with Crippen LogP contribution in [0.5, 0.6) is 0 Å². The number of hydrogen-bond donors (Lipinski definition) is 1. The van der Waals surface area contributed by atoms with Crippen molar-refractivity contribution in [2.24, 2.45) is 28.6 Å². The average molecular weight is 640 g/mol. The third kappa shape index (κ3) is 4.36. The van der Waals surface area contributed by atoms with Gasteiger partial charge in [0, 0.05) is 34.7 Å². The van der Waals surface area contributed by atoms with Gasteiger partial charge in [-0.2, -0.15) is 0 Å². The summed E-state index contributed by atoms with van der Waals surface area (Å²) in [6.45, 7) is 5.58. The van der Waals surface area contributed by atoms with E-state index in [2.05, 4.69) is 0 Å². The highest BCUT2D eigenvalue weighted by atomic mass is 35.5. The largest absolute Gasteiger partial charge is 0.454 e. The highest BCUT2D eigenvalue weighted by Gasteiger charge is 2.78. The number of carbonyl (C=O) groups excluding carboxylic acids is 4. The summed E-state index contributed by atoms with van der Waals surface area (Å²) in [5.74, 6) is -5.40. The van der Waals surface area contributed by atoms with Crippen molar-refractivity contribution in [3.05, 3.63) is 57.6 Å². The molecule has 43 heavy (non-hydrogen) atoms. The molecular formula is C32H34Cl2F2O7. The molecule has 4 aliphatic carbocycles. The molecule has 4 aliphatic rings. The van der Waals surface area contributed by atoms with Gasteiger partial charge in [-0.1, -0.05) is 56.1 Å². The van der Waals surface area contributed by atoms with Crippen LogP contribution in [-0.4, -0.2) is 58.8 Å². The fraction of sp³-hybridized carbons (Fsp3) is 0.562. The van der Waals surface area contributed by atoms with E-state index < -0.39 is 82.2 Å². The molecule has 0 saturated heterocycles. The molecule has 1 aromatic rings. The zero-order valence-corrected chi connectivity index (χ0v) is 25.8. The van der Waals surface area contributed by atoms with Crippen LogP contribution in [0.25, 0.3) is 0 Å². The molecule has 0 radical (unpaired) electrons. The van der Waals surface area contributed by atoms with Crippen LogP contribution in [0.2, 0.25) is 10.0 Å². The van der Waals surface area contributed by atoms with E-state index in [1.54, 1.807) is 20.8 Å². The van der Waals surface area contributed by atoms with Crippen molar-refractivity contribution >= 4 is 46.7 Å². The fourth-order valence-corrected chi connectivity index (χ4v) is 8.91. The first-order valence-corrected chi connectivity index (χ1v) is 15.2. The van der Waals surface area contributed by atoms with Crippen molar-refractivity contribution in [2.45, 2.75) is 76.9 Å². The van der Waals surface area contributed by atoms with E-state index in [-0.39, 0.29) is 46.9 Å². The number of hydrogen-bond acceptors (Lipinski definition) is 7. The van der Waals surface area contributed by atoms with E-state index in [0.717, 1.165) is 6.08 Å². The number of ketones is 2. The van der Waals surface area contributed by atoms with Crippen molar-refractivity contribution in [2.75, 3.05) is 6.61 Å². The van der Waals surface area contributed by atoms with E-state index in [1.165, 1.54) is 37.3 Å². The number of aliphatic hydroxyl groups is 1. The van der Waals surface area contributed by atoms with Crippen LogP contribution < -0.4 is 0 Å². The van der Waals surface area contributed by atoms with Gasteiger partial charge in [-0.25, -0.2) is 13.6 Å². The van der Waals surface area contributed by atoms with Gasteiger partial charge < -0.3 is 14.6 Å². The van der Waals surface area contributed by atoms with Crippen LogP contribution >= 0.6 is 23.2 Å². The number of allylic oxidation sites excluding steroid dienone is 4. The summed E-state index contributed by atoms with van der Waals surface area (Å²) in [6.07, 6.45) is -0.350. The molecule has 0 unspecified atom stereocenters. The van der Waals surface area contributed by atoms with Crippen LogP contribution in [0, 0.1) is 28.6 Å². The lowest BCUT2D eigenvalue weighted by Crippen LogP contribution is -2.71. The number of alkyl halides is 2. The van der Waals surface area contributed by atoms with Crippen molar-refractivity contribution in [1.29, 1.82) is 0 Å². The van der Waals surface area contributed by atoms with E-state index in [4.69, 9.17) is 32.7 Å². The number of benzene rings is 1. The zero-order chi connectivity index (χ0) is 31.7. The summed E-state index contributed by atoms with van der Waals surface area (Å²) in [5.41, 5.74) is -7.37. The minimum Gasteiger partial charge on any atom is -0.454 e. The monoisotopic (exact) mass is 638 g/mol. The second-order valence-corrected chi connectivity index (χ2v) is 13.4. The van der Waals surface area contributed by atoms with Crippen LogP contribution in [0.4, 0.5) is 8.78 Å². The number of esters is 2. The minimum absolute atomic E-state index is 0.00765. The molecule has 11 heteroatoms. The molecule has 0 bridgehead atoms. The molecule has 1 N–H and O–H groups in total. The molecule has 232 valence electrons. The van der Waals surface area contributed by atoms with Gasteiger partial charge in [-0.3, -0.25) is 14.4 Å². The van der Waals surface area contributed by atoms with Gasteiger partial charge in [0.1, 0.15) is 6.17 Å². The van der Waals surface area contributed by atoms with Gasteiger partial charge in [0.25, 0.3) is 0 Å². The summed E-state index contributed by atoms with van der Waals surface area (Å²) < 4.78 is 44.8. The van der Waals surface area contributed by atoms with Gasteiger partial charge in [-0.05, 0) is 62.0 Å². The van der Waals surface area contributed by atoms with Crippen LogP contribution in [-0.2, 0) is 23.9 Å². The maximum atomic E-state index is 17.5. The molecular weight excluding hydrogens is 605 g/mol. The zero-order valence-electron chi connectivity index (χ0n) is 24.3. The molecule has 0 spiro atoms. The van der Waals surface area contributed by atoms with E-state index in [1.807, 2.05) is 0 Å². The Hall–Kier alpha value is -2.62. The third-order valence-electron chi connectivity index (χ3n) is 10.6. The maximum Gasteiger partial charge on any atom is 0.351 e. The van der Waals surface area contributed by atoms with Crippen LogP contribution in [0.15, 0.2) is 42.0 Å². The van der Waals surface area contributed by atoms with Gasteiger partial charge in [0.2, 0.25) is 11.4 Å². The summed E-state index contributed by atoms with van der Waals surface area (Å²) in [4.78, 5) is 52.0. The molecule has 3 saturated carbocycles. The lowest BCUT2D eigenvalue weighted by Gasteiger charge is -2.63. The molecule has 7 nitrogen and oxygen atoms in total. The predicted molar refractivity (Wildman–Crippen MR) is 154 cm³/mol. The highest BCUT2D eigenvalue weighted by Crippen LogP contribution is 2.71. The number of aliphatic hydroxyl groups excluding tert-OH is 1. The smallest absolute Gasteiger partial charge is 0.351 e. The Morgan fingerprint density at radius 1 is 1.14 bits per heavy atom. The lowest BCUT2D eigenvalue weighted by atomic mass is 9.44. The van der Waals surface area contributed by atoms with Crippen molar-refractivity contribution in [3.8, 4) is 0 Å². The fourth-order valence-electron chi connectivity index (χ4n) is 8.50. The predicted octanol–water partition coefficient (Wildman–Crippen LogP) is 5.98. The van der Waals surface area contributed by atoms with Crippen molar-refractivity contribution < 1.29 is 42.5 Å². The lowest BCUT2D eigenvalue weighted by molar-refractivity contribution is -0.238. The SMILES string of the molecule is CCC(=O)O[C@]1(C(=O)OCC(=O)c2cccc(Cl)c2Cl)[C@H](C)C[C@H]2[C@@H]3C[C@H](F)C4=CC(=O)C=C[C@]4(C)[C@@]3(F)[C@@H](O)C[C@@]21C. The van der Waals surface area contributed by atoms with Crippen molar-refractivity contribution in [3.63, 3.8) is 0 Å². The number of carbonyl (C=O) groups is 4. The number of rotatable bonds is 6. The summed E-state index contributed by atoms with van der Waals surface area (Å²) >= 11 is 12.2. The molecule has 0 aliphatic heterocycles. The number of fused-ring (bicyclic) bond motifs is 5. The van der Waals surface area contributed by atoms with Gasteiger partial charge >= 0.3 is 11.9 Å². The van der Waals surface area contributed by atoms with Gasteiger partial charge in [0.15, 0.2) is 18.1 Å². The Morgan fingerprint density at radius 3 is 2.51 bits per heavy atom. The topological polar surface area (TPSA) is 107 Å². The van der Waals surface area contributed by atoms with Gasteiger partial charge in [-0.15, -0.1) is 0 Å². The van der Waals surface area contributed by atoms with Crippen LogP contribution in [0.1, 0.15) is 63.7 Å². The molecule has 1 aromatic carbocycles. The Balaban J connectivity index is 1.54. The summed E-state index contributed by atoms with van der Waals surface area (Å²) in [6, 6.07) is 4.45. The Kier molecular flexibility index (Phi) is 7.97. The molecule has 5 rings (SSSR count). The Morgan fingerprint density at radius 2 is 1.84 bits per heavy atom. The van der Waals surface area contributed by atoms with Crippen LogP contribution in [0.3, 0.4) is 0 Å². The maximum absolute atomic E-state index is 17.5. The first-order chi connectivity index (χ1) is 20.1. The molecule has 3 fully saturated rings. The quantitative estimate of drug-likeness (QED) is 0.302. The number of ether oxygens (including phenoxy) is 2. The van der Waals surface area contributed by atoms with E-state index >= 15 is 8.78 Å². The number of halogens is 4. The molecule has 0 amide bonds. The third-order valence-corrected chi connectivity index (χ3v) is 11.4. The molecule has 9 atom stereocenters. The van der Waals surface area contributed by atoms with Crippen molar-refractivity contribution in [1.82, 2.24) is 0 Å². The second kappa shape index (κ2) is 10.8. The second-order valence-electron chi connectivity index (χ2n) is 12.7. The molecule has 0 heterocycles. The first-order valence-electron chi connectivity index (χ1n) is 14.4. The summed E-state index contributed by atoms with van der Waals surface area (Å²) in [7, 11) is 0. The normalized spacial score (nSPS) is 39.7. The Bertz CT molecular complexity index is 1460. The Labute approximate surface area is 258 Å². The van der Waals surface area contributed by atoms with Gasteiger partial charge in [0.05, 0.1) is 16.1 Å².